The highest BCUT2D eigenvalue weighted by molar-refractivity contribution is 6.37. The van der Waals surface area contributed by atoms with Crippen LogP contribution in [0.5, 0.6) is 0 Å². The van der Waals surface area contributed by atoms with Crippen LogP contribution in [0.3, 0.4) is 0 Å². The summed E-state index contributed by atoms with van der Waals surface area (Å²) in [6.45, 7) is 6.64. The number of para-hydroxylation sites is 6. The Morgan fingerprint density at radius 2 is 1.28 bits per heavy atom. The van der Waals surface area contributed by atoms with E-state index in [9.17, 15) is 5.26 Å². The maximum absolute atomic E-state index is 10.6. The third kappa shape index (κ3) is 4.63. The predicted molar refractivity (Wildman–Crippen MR) is 219 cm³/mol. The molecular weight excluding hydrogens is 672 g/mol. The van der Waals surface area contributed by atoms with Crippen LogP contribution in [-0.2, 0) is 5.41 Å². The first-order valence-corrected chi connectivity index (χ1v) is 18.2. The molecule has 0 bridgehead atoms. The Hall–Kier alpha value is -6.48. The van der Waals surface area contributed by atoms with Gasteiger partial charge in [-0.2, -0.15) is 5.26 Å². The third-order valence-corrected chi connectivity index (χ3v) is 10.9. The lowest BCUT2D eigenvalue weighted by Crippen LogP contribution is -2.20. The molecule has 53 heavy (non-hydrogen) atoms. The Morgan fingerprint density at radius 3 is 2.08 bits per heavy atom. The molecule has 10 rings (SSSR count). The number of hydrogen-bond donors (Lipinski definition) is 0. The molecule has 5 nitrogen and oxygen atoms in total. The summed E-state index contributed by atoms with van der Waals surface area (Å²) >= 11 is 7.78. The standard InChI is InChI=1S/C47H33ClN4O/c1-47(2,3)30-22-24-31(25-23-30)50(40-20-11-15-35-33-13-5-9-21-43(33)53-46(35)40)41-26-29(28-49)27-42(44(41)48)51-37-17-7-8-18-38(37)52-36-16-6-4-12-32(36)34-14-10-19-39(51)45(34)52/h4-27H,1-3H3. The minimum Gasteiger partial charge on any atom is -0.454 e. The van der Waals surface area contributed by atoms with Crippen molar-refractivity contribution in [2.75, 3.05) is 9.80 Å². The highest BCUT2D eigenvalue weighted by Crippen LogP contribution is 2.54. The van der Waals surface area contributed by atoms with Crippen molar-refractivity contribution in [2.24, 2.45) is 0 Å². The lowest BCUT2D eigenvalue weighted by Gasteiger charge is -2.35. The zero-order valence-corrected chi connectivity index (χ0v) is 30.2. The van der Waals surface area contributed by atoms with E-state index in [1.807, 2.05) is 30.3 Å². The van der Waals surface area contributed by atoms with Gasteiger partial charge in [0, 0.05) is 27.2 Å². The molecule has 0 aliphatic carbocycles. The Morgan fingerprint density at radius 1 is 0.623 bits per heavy atom. The number of rotatable bonds is 4. The Kier molecular flexibility index (Phi) is 6.79. The van der Waals surface area contributed by atoms with Crippen molar-refractivity contribution in [3.05, 3.63) is 162 Å². The highest BCUT2D eigenvalue weighted by atomic mass is 35.5. The van der Waals surface area contributed by atoms with E-state index in [0.29, 0.717) is 22.0 Å². The van der Waals surface area contributed by atoms with E-state index in [4.69, 9.17) is 16.0 Å². The molecule has 3 heterocycles. The average molecular weight is 705 g/mol. The van der Waals surface area contributed by atoms with Gasteiger partial charge in [-0.1, -0.05) is 117 Å². The Labute approximate surface area is 312 Å². The Balaban J connectivity index is 1.27. The molecule has 1 aliphatic rings. The first kappa shape index (κ1) is 31.3. The lowest BCUT2D eigenvalue weighted by molar-refractivity contribution is 0.590. The van der Waals surface area contributed by atoms with Crippen LogP contribution in [-0.4, -0.2) is 4.57 Å². The van der Waals surface area contributed by atoms with E-state index in [1.54, 1.807) is 0 Å². The molecule has 0 radical (unpaired) electrons. The van der Waals surface area contributed by atoms with Crippen molar-refractivity contribution in [3.8, 4) is 11.8 Å². The van der Waals surface area contributed by atoms with Crippen LogP contribution in [0, 0.1) is 11.3 Å². The minimum absolute atomic E-state index is 0.0290. The Bertz CT molecular complexity index is 2980. The smallest absolute Gasteiger partial charge is 0.159 e. The van der Waals surface area contributed by atoms with Crippen LogP contribution in [0.15, 0.2) is 150 Å². The summed E-state index contributed by atoms with van der Waals surface area (Å²) in [7, 11) is 0. The molecule has 6 heteroatoms. The topological polar surface area (TPSA) is 48.3 Å². The molecule has 254 valence electrons. The molecule has 9 aromatic rings. The molecule has 0 N–H and O–H groups in total. The van der Waals surface area contributed by atoms with Crippen molar-refractivity contribution in [2.45, 2.75) is 26.2 Å². The summed E-state index contributed by atoms with van der Waals surface area (Å²) in [5, 5.41) is 15.5. The van der Waals surface area contributed by atoms with Gasteiger partial charge >= 0.3 is 0 Å². The van der Waals surface area contributed by atoms with Crippen LogP contribution >= 0.6 is 11.6 Å². The first-order chi connectivity index (χ1) is 25.8. The second kappa shape index (κ2) is 11.5. The van der Waals surface area contributed by atoms with E-state index in [2.05, 4.69) is 156 Å². The minimum atomic E-state index is -0.0290. The number of nitriles is 1. The number of furan rings is 1. The van der Waals surface area contributed by atoms with Crippen molar-refractivity contribution < 1.29 is 4.42 Å². The van der Waals surface area contributed by atoms with E-state index < -0.39 is 0 Å². The fourth-order valence-electron chi connectivity index (χ4n) is 8.07. The summed E-state index contributed by atoms with van der Waals surface area (Å²) in [4.78, 5) is 4.35. The second-order valence-electron chi connectivity index (χ2n) is 14.7. The van der Waals surface area contributed by atoms with Crippen LogP contribution in [0.1, 0.15) is 31.9 Å². The fraction of sp³-hybridized carbons (Fsp3) is 0.0851. The van der Waals surface area contributed by atoms with Crippen molar-refractivity contribution >= 4 is 89.5 Å². The number of nitrogens with zero attached hydrogens (tertiary/aromatic N) is 4. The number of fused-ring (bicyclic) bond motifs is 8. The quantitative estimate of drug-likeness (QED) is 0.183. The fourth-order valence-corrected chi connectivity index (χ4v) is 8.35. The van der Waals surface area contributed by atoms with Crippen LogP contribution in [0.4, 0.5) is 34.1 Å². The number of hydrogen-bond acceptors (Lipinski definition) is 4. The molecule has 7 aromatic carbocycles. The van der Waals surface area contributed by atoms with Crippen LogP contribution in [0.25, 0.3) is 49.4 Å². The molecule has 0 fully saturated rings. The van der Waals surface area contributed by atoms with Gasteiger partial charge in [0.1, 0.15) is 5.58 Å². The maximum Gasteiger partial charge on any atom is 0.159 e. The SMILES string of the molecule is CC(C)(C)c1ccc(N(c2cc(C#N)cc(N3c4ccccc4-n4c5ccccc5c5cccc3c54)c2Cl)c2cccc3c2oc2ccccc23)cc1. The zero-order chi connectivity index (χ0) is 36.0. The van der Waals surface area contributed by atoms with Gasteiger partial charge in [-0.05, 0) is 71.6 Å². The molecule has 2 aromatic heterocycles. The van der Waals surface area contributed by atoms with E-state index >= 15 is 0 Å². The van der Waals surface area contributed by atoms with E-state index in [0.717, 1.165) is 66.8 Å². The van der Waals surface area contributed by atoms with Gasteiger partial charge in [0.2, 0.25) is 0 Å². The summed E-state index contributed by atoms with van der Waals surface area (Å²) < 4.78 is 8.97. The molecule has 0 atom stereocenters. The van der Waals surface area contributed by atoms with Crippen molar-refractivity contribution in [3.63, 3.8) is 0 Å². The molecule has 0 amide bonds. The molecule has 0 spiro atoms. The zero-order valence-electron chi connectivity index (χ0n) is 29.4. The van der Waals surface area contributed by atoms with E-state index in [1.165, 1.54) is 10.9 Å². The lowest BCUT2D eigenvalue weighted by atomic mass is 9.87. The number of anilines is 6. The third-order valence-electron chi connectivity index (χ3n) is 10.5. The van der Waals surface area contributed by atoms with Gasteiger partial charge in [-0.15, -0.1) is 0 Å². The maximum atomic E-state index is 10.6. The summed E-state index contributed by atoms with van der Waals surface area (Å²) in [5.74, 6) is 0. The predicted octanol–water partition coefficient (Wildman–Crippen LogP) is 13.8. The van der Waals surface area contributed by atoms with Gasteiger partial charge < -0.3 is 18.8 Å². The van der Waals surface area contributed by atoms with Gasteiger partial charge in [0.25, 0.3) is 0 Å². The van der Waals surface area contributed by atoms with E-state index in [-0.39, 0.29) is 5.41 Å². The number of halogens is 1. The molecular formula is C47H33ClN4O. The first-order valence-electron chi connectivity index (χ1n) is 17.8. The van der Waals surface area contributed by atoms with Gasteiger partial charge in [-0.25, -0.2) is 0 Å². The second-order valence-corrected chi connectivity index (χ2v) is 15.1. The highest BCUT2D eigenvalue weighted by Gasteiger charge is 2.32. The van der Waals surface area contributed by atoms with Crippen molar-refractivity contribution in [1.29, 1.82) is 5.26 Å². The molecule has 1 aliphatic heterocycles. The summed E-state index contributed by atoms with van der Waals surface area (Å²) in [5.41, 5.74) is 11.6. The van der Waals surface area contributed by atoms with Crippen molar-refractivity contribution in [1.82, 2.24) is 4.57 Å². The number of benzene rings is 7. The molecule has 0 saturated heterocycles. The van der Waals surface area contributed by atoms with Crippen LogP contribution in [0.2, 0.25) is 5.02 Å². The average Bonchev–Trinajstić information content (AvgIpc) is 3.73. The van der Waals surface area contributed by atoms with Gasteiger partial charge in [0.15, 0.2) is 5.58 Å². The largest absolute Gasteiger partial charge is 0.454 e. The molecule has 0 saturated carbocycles. The van der Waals surface area contributed by atoms with Gasteiger partial charge in [0.05, 0.1) is 61.8 Å². The normalized spacial score (nSPS) is 12.5. The number of aromatic nitrogens is 1. The monoisotopic (exact) mass is 704 g/mol. The molecule has 0 unspecified atom stereocenters. The summed E-state index contributed by atoms with van der Waals surface area (Å²) in [6, 6.07) is 52.5. The van der Waals surface area contributed by atoms with Gasteiger partial charge in [-0.3, -0.25) is 0 Å². The summed E-state index contributed by atoms with van der Waals surface area (Å²) in [6.07, 6.45) is 0. The van der Waals surface area contributed by atoms with Crippen LogP contribution < -0.4 is 9.80 Å².